The SMILES string of the molecule is CCCCCCCCC(CCNCc1ccccc1)C(C)(OC)OC. The van der Waals surface area contributed by atoms with Gasteiger partial charge in [-0.3, -0.25) is 0 Å². The van der Waals surface area contributed by atoms with E-state index in [4.69, 9.17) is 9.47 Å². The van der Waals surface area contributed by atoms with E-state index in [0.29, 0.717) is 5.92 Å². The Hall–Kier alpha value is -0.900. The molecule has 0 aliphatic carbocycles. The third kappa shape index (κ3) is 8.84. The summed E-state index contributed by atoms with van der Waals surface area (Å²) >= 11 is 0. The molecule has 0 aliphatic heterocycles. The lowest BCUT2D eigenvalue weighted by Crippen LogP contribution is -2.40. The van der Waals surface area contributed by atoms with Crippen molar-refractivity contribution in [3.05, 3.63) is 35.9 Å². The molecule has 0 saturated heterocycles. The van der Waals surface area contributed by atoms with Crippen molar-refractivity contribution in [2.24, 2.45) is 5.92 Å². The van der Waals surface area contributed by atoms with Crippen LogP contribution in [0.2, 0.25) is 0 Å². The Kier molecular flexibility index (Phi) is 11.8. The van der Waals surface area contributed by atoms with Gasteiger partial charge in [0.15, 0.2) is 5.79 Å². The molecule has 0 aromatic heterocycles. The summed E-state index contributed by atoms with van der Waals surface area (Å²) in [6.45, 7) is 6.24. The molecule has 0 saturated carbocycles. The fourth-order valence-corrected chi connectivity index (χ4v) is 3.36. The Morgan fingerprint density at radius 1 is 0.920 bits per heavy atom. The first-order chi connectivity index (χ1) is 12.2. The van der Waals surface area contributed by atoms with E-state index in [1.54, 1.807) is 14.2 Å². The summed E-state index contributed by atoms with van der Waals surface area (Å²) in [4.78, 5) is 0. The van der Waals surface area contributed by atoms with Gasteiger partial charge in [-0.05, 0) is 31.9 Å². The van der Waals surface area contributed by atoms with Crippen molar-refractivity contribution < 1.29 is 9.47 Å². The average Bonchev–Trinajstić information content (AvgIpc) is 2.66. The van der Waals surface area contributed by atoms with Crippen molar-refractivity contribution in [2.75, 3.05) is 20.8 Å². The molecule has 144 valence electrons. The molecule has 3 nitrogen and oxygen atoms in total. The molecule has 0 spiro atoms. The van der Waals surface area contributed by atoms with E-state index in [9.17, 15) is 0 Å². The molecule has 1 aromatic rings. The Balaban J connectivity index is 2.37. The molecule has 25 heavy (non-hydrogen) atoms. The zero-order valence-corrected chi connectivity index (χ0v) is 16.9. The fourth-order valence-electron chi connectivity index (χ4n) is 3.36. The van der Waals surface area contributed by atoms with Crippen molar-refractivity contribution in [3.63, 3.8) is 0 Å². The predicted molar refractivity (Wildman–Crippen MR) is 107 cm³/mol. The highest BCUT2D eigenvalue weighted by atomic mass is 16.7. The Bertz CT molecular complexity index is 417. The maximum atomic E-state index is 5.71. The van der Waals surface area contributed by atoms with Crippen LogP contribution in [0.25, 0.3) is 0 Å². The summed E-state index contributed by atoms with van der Waals surface area (Å²) in [5, 5.41) is 3.56. The van der Waals surface area contributed by atoms with Gasteiger partial charge in [-0.2, -0.15) is 0 Å². The van der Waals surface area contributed by atoms with Crippen LogP contribution >= 0.6 is 0 Å². The van der Waals surface area contributed by atoms with Gasteiger partial charge in [-0.25, -0.2) is 0 Å². The lowest BCUT2D eigenvalue weighted by molar-refractivity contribution is -0.229. The van der Waals surface area contributed by atoms with Crippen molar-refractivity contribution >= 4 is 0 Å². The molecule has 0 bridgehead atoms. The van der Waals surface area contributed by atoms with E-state index in [1.807, 2.05) is 0 Å². The lowest BCUT2D eigenvalue weighted by Gasteiger charge is -2.35. The summed E-state index contributed by atoms with van der Waals surface area (Å²) in [5.74, 6) is -0.0744. The second-order valence-corrected chi connectivity index (χ2v) is 7.13. The van der Waals surface area contributed by atoms with E-state index >= 15 is 0 Å². The van der Waals surface area contributed by atoms with Crippen LogP contribution in [0.3, 0.4) is 0 Å². The van der Waals surface area contributed by atoms with E-state index in [1.165, 1.54) is 44.1 Å². The molecule has 1 rings (SSSR count). The van der Waals surface area contributed by atoms with E-state index in [2.05, 4.69) is 49.5 Å². The van der Waals surface area contributed by atoms with Crippen LogP contribution in [-0.4, -0.2) is 26.6 Å². The largest absolute Gasteiger partial charge is 0.353 e. The monoisotopic (exact) mass is 349 g/mol. The second-order valence-electron chi connectivity index (χ2n) is 7.13. The van der Waals surface area contributed by atoms with E-state index < -0.39 is 5.79 Å². The smallest absolute Gasteiger partial charge is 0.167 e. The Labute approximate surface area is 155 Å². The first kappa shape index (κ1) is 22.1. The number of hydrogen-bond acceptors (Lipinski definition) is 3. The van der Waals surface area contributed by atoms with Gasteiger partial charge in [0.2, 0.25) is 0 Å². The molecule has 1 unspecified atom stereocenters. The summed E-state index contributed by atoms with van der Waals surface area (Å²) in [5.41, 5.74) is 1.33. The summed E-state index contributed by atoms with van der Waals surface area (Å²) < 4.78 is 11.4. The molecule has 1 aromatic carbocycles. The van der Waals surface area contributed by atoms with Crippen molar-refractivity contribution in [2.45, 2.75) is 77.5 Å². The minimum Gasteiger partial charge on any atom is -0.353 e. The van der Waals surface area contributed by atoms with Crippen LogP contribution in [0.4, 0.5) is 0 Å². The quantitative estimate of drug-likeness (QED) is 0.333. The topological polar surface area (TPSA) is 30.5 Å². The molecule has 1 N–H and O–H groups in total. The number of hydrogen-bond donors (Lipinski definition) is 1. The van der Waals surface area contributed by atoms with Gasteiger partial charge in [-0.15, -0.1) is 0 Å². The first-order valence-corrected chi connectivity index (χ1v) is 10.0. The Morgan fingerprint density at radius 2 is 1.56 bits per heavy atom. The minimum atomic E-state index is -0.488. The highest BCUT2D eigenvalue weighted by Crippen LogP contribution is 2.30. The van der Waals surface area contributed by atoms with Crippen LogP contribution in [0.15, 0.2) is 30.3 Å². The van der Waals surface area contributed by atoms with Crippen molar-refractivity contribution in [1.29, 1.82) is 0 Å². The number of benzene rings is 1. The normalized spacial score (nSPS) is 13.1. The van der Waals surface area contributed by atoms with Gasteiger partial charge in [0.25, 0.3) is 0 Å². The minimum absolute atomic E-state index is 0.414. The molecular formula is C22H39NO2. The molecule has 0 amide bonds. The number of methoxy groups -OCH3 is 2. The lowest BCUT2D eigenvalue weighted by atomic mass is 9.89. The van der Waals surface area contributed by atoms with Gasteiger partial charge in [0.1, 0.15) is 0 Å². The zero-order valence-electron chi connectivity index (χ0n) is 16.9. The average molecular weight is 350 g/mol. The van der Waals surface area contributed by atoms with Gasteiger partial charge < -0.3 is 14.8 Å². The maximum absolute atomic E-state index is 5.71. The Morgan fingerprint density at radius 3 is 2.20 bits per heavy atom. The summed E-state index contributed by atoms with van der Waals surface area (Å²) in [6, 6.07) is 10.6. The molecule has 0 heterocycles. The number of unbranched alkanes of at least 4 members (excludes halogenated alkanes) is 5. The number of ether oxygens (including phenoxy) is 2. The number of rotatable bonds is 15. The van der Waals surface area contributed by atoms with Gasteiger partial charge in [0, 0.05) is 26.7 Å². The maximum Gasteiger partial charge on any atom is 0.167 e. The van der Waals surface area contributed by atoms with E-state index in [0.717, 1.165) is 25.9 Å². The molecule has 0 radical (unpaired) electrons. The highest BCUT2D eigenvalue weighted by molar-refractivity contribution is 5.14. The van der Waals surface area contributed by atoms with Gasteiger partial charge >= 0.3 is 0 Å². The molecule has 0 aliphatic rings. The third-order valence-corrected chi connectivity index (χ3v) is 5.30. The zero-order chi connectivity index (χ0) is 18.4. The van der Waals surface area contributed by atoms with Crippen LogP contribution in [0.1, 0.15) is 70.8 Å². The van der Waals surface area contributed by atoms with Crippen LogP contribution < -0.4 is 5.32 Å². The van der Waals surface area contributed by atoms with Crippen LogP contribution in [-0.2, 0) is 16.0 Å². The number of nitrogens with one attached hydrogen (secondary N) is 1. The highest BCUT2D eigenvalue weighted by Gasteiger charge is 2.33. The standard InChI is InChI=1S/C22H39NO2/c1-5-6-7-8-9-13-16-21(22(2,24-3)25-4)17-18-23-19-20-14-11-10-12-15-20/h10-12,14-15,21,23H,5-9,13,16-19H2,1-4H3. The van der Waals surface area contributed by atoms with Gasteiger partial charge in [0.05, 0.1) is 0 Å². The van der Waals surface area contributed by atoms with Crippen LogP contribution in [0.5, 0.6) is 0 Å². The molecule has 1 atom stereocenters. The van der Waals surface area contributed by atoms with Crippen molar-refractivity contribution in [1.82, 2.24) is 5.32 Å². The first-order valence-electron chi connectivity index (χ1n) is 10.0. The van der Waals surface area contributed by atoms with Crippen LogP contribution in [0, 0.1) is 5.92 Å². The van der Waals surface area contributed by atoms with Gasteiger partial charge in [-0.1, -0.05) is 75.8 Å². The molecule has 0 fully saturated rings. The summed E-state index contributed by atoms with van der Waals surface area (Å²) in [6.07, 6.45) is 10.2. The molecular weight excluding hydrogens is 310 g/mol. The third-order valence-electron chi connectivity index (χ3n) is 5.30. The van der Waals surface area contributed by atoms with Crippen molar-refractivity contribution in [3.8, 4) is 0 Å². The van der Waals surface area contributed by atoms with E-state index in [-0.39, 0.29) is 0 Å². The fraction of sp³-hybridized carbons (Fsp3) is 0.727. The molecule has 3 heteroatoms. The second kappa shape index (κ2) is 13.3. The predicted octanol–water partition coefficient (Wildman–Crippen LogP) is 5.54. The summed E-state index contributed by atoms with van der Waals surface area (Å²) in [7, 11) is 3.52.